The maximum Gasteiger partial charge on any atom is 0.0645 e. The van der Waals surface area contributed by atoms with Crippen molar-refractivity contribution in [2.75, 3.05) is 19.1 Å². The van der Waals surface area contributed by atoms with Crippen molar-refractivity contribution in [2.24, 2.45) is 11.3 Å². The summed E-state index contributed by atoms with van der Waals surface area (Å²) in [5.41, 5.74) is 0.282. The van der Waals surface area contributed by atoms with Crippen LogP contribution in [0.3, 0.4) is 0 Å². The summed E-state index contributed by atoms with van der Waals surface area (Å²) in [6, 6.07) is 0. The van der Waals surface area contributed by atoms with E-state index < -0.39 is 0 Å². The number of hydrogen-bond acceptors (Lipinski definition) is 1. The van der Waals surface area contributed by atoms with Gasteiger partial charge >= 0.3 is 0 Å². The van der Waals surface area contributed by atoms with E-state index in [1.165, 1.54) is 12.8 Å². The maximum absolute atomic E-state index is 5.90. The number of alkyl halides is 1. The molecule has 0 aromatic heterocycles. The van der Waals surface area contributed by atoms with Gasteiger partial charge in [-0.2, -0.15) is 0 Å². The van der Waals surface area contributed by atoms with Gasteiger partial charge in [0.2, 0.25) is 0 Å². The van der Waals surface area contributed by atoms with Gasteiger partial charge in [-0.3, -0.25) is 0 Å². The molecule has 1 nitrogen and oxygen atoms in total. The molecule has 1 aliphatic carbocycles. The van der Waals surface area contributed by atoms with Gasteiger partial charge < -0.3 is 4.74 Å². The van der Waals surface area contributed by atoms with E-state index in [0.717, 1.165) is 18.4 Å². The summed E-state index contributed by atoms with van der Waals surface area (Å²) in [7, 11) is 0. The van der Waals surface area contributed by atoms with E-state index in [2.05, 4.69) is 13.5 Å². The second-order valence-electron chi connectivity index (χ2n) is 3.95. The molecule has 0 aromatic rings. The van der Waals surface area contributed by atoms with Crippen molar-refractivity contribution in [1.82, 2.24) is 0 Å². The van der Waals surface area contributed by atoms with Crippen LogP contribution in [0.1, 0.15) is 19.8 Å². The fourth-order valence-electron chi connectivity index (χ4n) is 2.04. The highest BCUT2D eigenvalue weighted by atomic mass is 35.5. The van der Waals surface area contributed by atoms with E-state index in [9.17, 15) is 0 Å². The van der Waals surface area contributed by atoms with Crippen molar-refractivity contribution in [3.8, 4) is 0 Å². The lowest BCUT2D eigenvalue weighted by atomic mass is 9.64. The first-order chi connectivity index (χ1) is 5.72. The second kappa shape index (κ2) is 4.29. The first-order valence-corrected chi connectivity index (χ1v) is 5.00. The molecule has 1 aliphatic rings. The van der Waals surface area contributed by atoms with Crippen LogP contribution >= 0.6 is 11.6 Å². The number of rotatable bonds is 5. The Bertz CT molecular complexity index is 150. The predicted octanol–water partition coefficient (Wildman–Crippen LogP) is 2.84. The molecular weight excluding hydrogens is 172 g/mol. The Balaban J connectivity index is 2.22. The molecule has 70 valence electrons. The van der Waals surface area contributed by atoms with E-state index >= 15 is 0 Å². The predicted molar refractivity (Wildman–Crippen MR) is 52.6 cm³/mol. The van der Waals surface area contributed by atoms with Gasteiger partial charge in [-0.05, 0) is 18.8 Å². The summed E-state index contributed by atoms with van der Waals surface area (Å²) in [5, 5.41) is 0. The highest BCUT2D eigenvalue weighted by molar-refractivity contribution is 6.18. The van der Waals surface area contributed by atoms with Gasteiger partial charge in [0.15, 0.2) is 0 Å². The van der Waals surface area contributed by atoms with Gasteiger partial charge in [0.05, 0.1) is 13.2 Å². The Morgan fingerprint density at radius 2 is 2.33 bits per heavy atom. The molecular formula is C10H17ClO. The van der Waals surface area contributed by atoms with Crippen LogP contribution in [0.4, 0.5) is 0 Å². The fourth-order valence-corrected chi connectivity index (χ4v) is 2.34. The largest absolute Gasteiger partial charge is 0.377 e. The molecule has 1 saturated carbocycles. The molecule has 0 bridgehead atoms. The molecule has 0 spiro atoms. The molecule has 0 unspecified atom stereocenters. The zero-order chi connectivity index (χ0) is 9.03. The van der Waals surface area contributed by atoms with Crippen molar-refractivity contribution < 1.29 is 4.74 Å². The Hall–Kier alpha value is -0.0100. The summed E-state index contributed by atoms with van der Waals surface area (Å²) in [4.78, 5) is 0. The summed E-state index contributed by atoms with van der Waals surface area (Å²) in [6.45, 7) is 7.31. The van der Waals surface area contributed by atoms with Gasteiger partial charge in [0.25, 0.3) is 0 Å². The molecule has 0 amide bonds. The highest BCUT2D eigenvalue weighted by Gasteiger charge is 2.41. The first kappa shape index (κ1) is 10.1. The van der Waals surface area contributed by atoms with Crippen LogP contribution in [0.5, 0.6) is 0 Å². The van der Waals surface area contributed by atoms with E-state index in [1.807, 2.05) is 0 Å². The Labute approximate surface area is 79.7 Å². The van der Waals surface area contributed by atoms with Crippen molar-refractivity contribution in [3.05, 3.63) is 12.7 Å². The standard InChI is InChI=1S/C10H17ClO/c1-3-4-12-8-10(7-11)5-9(2)6-10/h3,9H,1,4-8H2,2H3. The van der Waals surface area contributed by atoms with Crippen LogP contribution in [0, 0.1) is 11.3 Å². The minimum absolute atomic E-state index is 0.282. The topological polar surface area (TPSA) is 9.23 Å². The molecule has 0 radical (unpaired) electrons. The molecule has 0 N–H and O–H groups in total. The van der Waals surface area contributed by atoms with Gasteiger partial charge in [0.1, 0.15) is 0 Å². The van der Waals surface area contributed by atoms with Crippen LogP contribution in [0.2, 0.25) is 0 Å². The summed E-state index contributed by atoms with van der Waals surface area (Å²) in [5.74, 6) is 1.56. The lowest BCUT2D eigenvalue weighted by molar-refractivity contribution is -0.0104. The Morgan fingerprint density at radius 1 is 1.67 bits per heavy atom. The summed E-state index contributed by atoms with van der Waals surface area (Å²) < 4.78 is 5.43. The third-order valence-electron chi connectivity index (χ3n) is 2.49. The van der Waals surface area contributed by atoms with Gasteiger partial charge in [-0.25, -0.2) is 0 Å². The maximum atomic E-state index is 5.90. The molecule has 0 heterocycles. The third-order valence-corrected chi connectivity index (χ3v) is 3.06. The summed E-state index contributed by atoms with van der Waals surface area (Å²) >= 11 is 5.90. The normalized spacial score (nSPS) is 34.3. The van der Waals surface area contributed by atoms with Crippen molar-refractivity contribution in [1.29, 1.82) is 0 Å². The van der Waals surface area contributed by atoms with E-state index in [1.54, 1.807) is 6.08 Å². The zero-order valence-corrected chi connectivity index (χ0v) is 8.44. The van der Waals surface area contributed by atoms with E-state index in [-0.39, 0.29) is 5.41 Å². The quantitative estimate of drug-likeness (QED) is 0.366. The van der Waals surface area contributed by atoms with Gasteiger partial charge in [-0.15, -0.1) is 18.2 Å². The van der Waals surface area contributed by atoms with Gasteiger partial charge in [-0.1, -0.05) is 13.0 Å². The molecule has 1 fully saturated rings. The zero-order valence-electron chi connectivity index (χ0n) is 7.68. The SMILES string of the molecule is C=CCOCC1(CCl)CC(C)C1. The number of halogens is 1. The van der Waals surface area contributed by atoms with Crippen LogP contribution in [0.15, 0.2) is 12.7 Å². The van der Waals surface area contributed by atoms with Crippen LogP contribution in [-0.2, 0) is 4.74 Å². The molecule has 0 aromatic carbocycles. The Kier molecular flexibility index (Phi) is 3.60. The molecule has 0 saturated heterocycles. The van der Waals surface area contributed by atoms with Crippen molar-refractivity contribution >= 4 is 11.6 Å². The van der Waals surface area contributed by atoms with Crippen molar-refractivity contribution in [2.45, 2.75) is 19.8 Å². The van der Waals surface area contributed by atoms with Gasteiger partial charge in [0, 0.05) is 11.3 Å². The van der Waals surface area contributed by atoms with Crippen molar-refractivity contribution in [3.63, 3.8) is 0 Å². The highest BCUT2D eigenvalue weighted by Crippen LogP contribution is 2.46. The molecule has 0 atom stereocenters. The smallest absolute Gasteiger partial charge is 0.0645 e. The monoisotopic (exact) mass is 188 g/mol. The molecule has 2 heteroatoms. The average molecular weight is 189 g/mol. The van der Waals surface area contributed by atoms with E-state index in [0.29, 0.717) is 6.61 Å². The third kappa shape index (κ3) is 2.24. The molecule has 1 rings (SSSR count). The number of hydrogen-bond donors (Lipinski definition) is 0. The fraction of sp³-hybridized carbons (Fsp3) is 0.800. The molecule has 0 aliphatic heterocycles. The van der Waals surface area contributed by atoms with E-state index in [4.69, 9.17) is 16.3 Å². The van der Waals surface area contributed by atoms with Crippen LogP contribution in [-0.4, -0.2) is 19.1 Å². The number of ether oxygens (including phenoxy) is 1. The summed E-state index contributed by atoms with van der Waals surface area (Å²) in [6.07, 6.45) is 4.21. The Morgan fingerprint density at radius 3 is 2.75 bits per heavy atom. The van der Waals surface area contributed by atoms with Crippen LogP contribution < -0.4 is 0 Å². The van der Waals surface area contributed by atoms with Crippen LogP contribution in [0.25, 0.3) is 0 Å². The minimum atomic E-state index is 0.282. The lowest BCUT2D eigenvalue weighted by Crippen LogP contribution is -2.41. The second-order valence-corrected chi connectivity index (χ2v) is 4.22. The average Bonchev–Trinajstić information content (AvgIpc) is 2.01. The molecule has 12 heavy (non-hydrogen) atoms. The first-order valence-electron chi connectivity index (χ1n) is 4.47. The lowest BCUT2D eigenvalue weighted by Gasteiger charge is -2.45. The minimum Gasteiger partial charge on any atom is -0.377 e.